The minimum Gasteiger partial charge on any atom is -0.623 e. The fourth-order valence-electron chi connectivity index (χ4n) is 1.56. The molecule has 6 nitrogen and oxygen atoms in total. The van der Waals surface area contributed by atoms with Gasteiger partial charge in [0.2, 0.25) is 12.0 Å². The van der Waals surface area contributed by atoms with Gasteiger partial charge in [-0.05, 0) is 6.07 Å². The van der Waals surface area contributed by atoms with Crippen LogP contribution in [0, 0.1) is 5.21 Å². The predicted molar refractivity (Wildman–Crippen MR) is 67.5 cm³/mol. The molecule has 0 saturated carbocycles. The van der Waals surface area contributed by atoms with Crippen LogP contribution in [0.4, 0.5) is 0 Å². The van der Waals surface area contributed by atoms with Gasteiger partial charge in [0.1, 0.15) is 4.90 Å². The van der Waals surface area contributed by atoms with Gasteiger partial charge in [-0.25, -0.2) is 4.74 Å². The molecule has 0 atom stereocenters. The van der Waals surface area contributed by atoms with E-state index in [-0.39, 0.29) is 12.3 Å². The number of hydrogen-bond acceptors (Lipinski definition) is 4. The van der Waals surface area contributed by atoms with Crippen molar-refractivity contribution < 1.29 is 22.1 Å². The van der Waals surface area contributed by atoms with Crippen molar-refractivity contribution in [3.8, 4) is 0 Å². The molecule has 1 N–H and O–H groups in total. The maximum atomic E-state index is 11.7. The van der Waals surface area contributed by atoms with Gasteiger partial charge in [0, 0.05) is 5.56 Å². The van der Waals surface area contributed by atoms with Gasteiger partial charge in [0.15, 0.2) is 6.54 Å². The van der Waals surface area contributed by atoms with Crippen LogP contribution >= 0.6 is 0 Å². The molecule has 0 bridgehead atoms. The third-order valence-electron chi connectivity index (χ3n) is 2.38. The van der Waals surface area contributed by atoms with Crippen molar-refractivity contribution in [1.29, 1.82) is 0 Å². The Bertz CT molecular complexity index is 688. The molecule has 0 saturated heterocycles. The van der Waals surface area contributed by atoms with E-state index >= 15 is 0 Å². The smallest absolute Gasteiger partial charge is 0.298 e. The molecule has 1 aromatic carbocycles. The van der Waals surface area contributed by atoms with Crippen molar-refractivity contribution in [2.75, 3.05) is 0 Å². The van der Waals surface area contributed by atoms with Crippen LogP contribution < -0.4 is 0 Å². The molecule has 1 aromatic heterocycles. The molecule has 19 heavy (non-hydrogen) atoms. The summed E-state index contributed by atoms with van der Waals surface area (Å²) in [6.07, 6.45) is 2.07. The Labute approximate surface area is 109 Å². The predicted octanol–water partition coefficient (Wildman–Crippen LogP) is 1.66. The number of benzene rings is 1. The Kier molecular flexibility index (Phi) is 3.68. The van der Waals surface area contributed by atoms with Crippen molar-refractivity contribution in [3.63, 3.8) is 0 Å². The van der Waals surface area contributed by atoms with E-state index in [1.165, 1.54) is 0 Å². The molecule has 0 fully saturated rings. The van der Waals surface area contributed by atoms with E-state index in [0.717, 1.165) is 24.1 Å². The fraction of sp³-hybridized carbons (Fsp3) is 0.0833. The van der Waals surface area contributed by atoms with Crippen LogP contribution in [0.1, 0.15) is 11.3 Å². The molecule has 0 aliphatic carbocycles. The molecule has 0 unspecified atom stereocenters. The zero-order valence-electron chi connectivity index (χ0n) is 9.76. The standard InChI is InChI=1S/C12H11NO5S/c14-13(8-10-4-2-1-3-5-10)9-11-12(6-7-18-11)19(15,16)17/h1-7,9H,8H2,(H,15,16,17). The third-order valence-corrected chi connectivity index (χ3v) is 3.27. The van der Waals surface area contributed by atoms with Gasteiger partial charge < -0.3 is 9.62 Å². The lowest BCUT2D eigenvalue weighted by Gasteiger charge is -2.03. The summed E-state index contributed by atoms with van der Waals surface area (Å²) in [6, 6.07) is 10.0. The number of nitrogens with zero attached hydrogens (tertiary/aromatic N) is 1. The van der Waals surface area contributed by atoms with Gasteiger partial charge in [-0.3, -0.25) is 4.55 Å². The average Bonchev–Trinajstić information content (AvgIpc) is 2.78. The van der Waals surface area contributed by atoms with Crippen LogP contribution in [0.25, 0.3) is 0 Å². The zero-order valence-corrected chi connectivity index (χ0v) is 10.6. The van der Waals surface area contributed by atoms with Gasteiger partial charge in [0.25, 0.3) is 10.1 Å². The summed E-state index contributed by atoms with van der Waals surface area (Å²) < 4.78 is 36.3. The molecule has 2 aromatic rings. The van der Waals surface area contributed by atoms with E-state index in [0.29, 0.717) is 4.74 Å². The minimum atomic E-state index is -4.40. The van der Waals surface area contributed by atoms with Crippen molar-refractivity contribution in [2.45, 2.75) is 11.4 Å². The molecule has 0 aliphatic heterocycles. The molecular formula is C12H11NO5S. The molecule has 0 radical (unpaired) electrons. The lowest BCUT2D eigenvalue weighted by Crippen LogP contribution is -2.08. The normalized spacial score (nSPS) is 12.6. The van der Waals surface area contributed by atoms with Crippen LogP contribution in [0.3, 0.4) is 0 Å². The molecule has 0 aliphatic rings. The van der Waals surface area contributed by atoms with Gasteiger partial charge in [0.05, 0.1) is 6.26 Å². The Morgan fingerprint density at radius 1 is 1.26 bits per heavy atom. The molecule has 100 valence electrons. The second-order valence-corrected chi connectivity index (χ2v) is 5.20. The van der Waals surface area contributed by atoms with Crippen LogP contribution in [-0.4, -0.2) is 23.9 Å². The van der Waals surface area contributed by atoms with E-state index in [4.69, 9.17) is 8.97 Å². The highest BCUT2D eigenvalue weighted by Gasteiger charge is 2.19. The fourth-order valence-corrected chi connectivity index (χ4v) is 2.14. The first kappa shape index (κ1) is 13.3. The molecular weight excluding hydrogens is 270 g/mol. The summed E-state index contributed by atoms with van der Waals surface area (Å²) in [5.41, 5.74) is 0.772. The summed E-state index contributed by atoms with van der Waals surface area (Å²) in [5.74, 6) is -0.201. The quantitative estimate of drug-likeness (QED) is 0.302. The van der Waals surface area contributed by atoms with Gasteiger partial charge >= 0.3 is 0 Å². The zero-order chi connectivity index (χ0) is 13.9. The van der Waals surface area contributed by atoms with E-state index in [9.17, 15) is 13.6 Å². The molecule has 7 heteroatoms. The molecule has 0 spiro atoms. The van der Waals surface area contributed by atoms with Crippen LogP contribution in [0.2, 0.25) is 0 Å². The largest absolute Gasteiger partial charge is 0.623 e. The van der Waals surface area contributed by atoms with Crippen molar-refractivity contribution >= 4 is 16.3 Å². The Hall–Kier alpha value is -2.12. The average molecular weight is 281 g/mol. The highest BCUT2D eigenvalue weighted by atomic mass is 32.2. The summed E-state index contributed by atoms with van der Waals surface area (Å²) in [7, 11) is -4.40. The first-order valence-corrected chi connectivity index (χ1v) is 6.78. The third kappa shape index (κ3) is 3.43. The SMILES string of the molecule is O=S(=O)(O)c1ccoc1C=[N+]([O-])Cc1ccccc1. The number of rotatable bonds is 4. The topological polar surface area (TPSA) is 93.6 Å². The van der Waals surface area contributed by atoms with E-state index in [2.05, 4.69) is 0 Å². The second-order valence-electron chi connectivity index (χ2n) is 3.81. The first-order chi connectivity index (χ1) is 8.97. The second kappa shape index (κ2) is 5.25. The van der Waals surface area contributed by atoms with Gasteiger partial charge in [-0.15, -0.1) is 0 Å². The molecule has 2 rings (SSSR count). The van der Waals surface area contributed by atoms with E-state index in [1.54, 1.807) is 24.3 Å². The number of hydrogen-bond donors (Lipinski definition) is 1. The highest BCUT2D eigenvalue weighted by molar-refractivity contribution is 7.86. The van der Waals surface area contributed by atoms with Gasteiger partial charge in [-0.1, -0.05) is 30.3 Å². The Morgan fingerprint density at radius 2 is 1.95 bits per heavy atom. The van der Waals surface area contributed by atoms with Gasteiger partial charge in [-0.2, -0.15) is 8.42 Å². The van der Waals surface area contributed by atoms with E-state index < -0.39 is 15.0 Å². The molecule has 1 heterocycles. The Balaban J connectivity index is 2.25. The Morgan fingerprint density at radius 3 is 2.58 bits per heavy atom. The maximum absolute atomic E-state index is 11.7. The van der Waals surface area contributed by atoms with Crippen LogP contribution in [0.15, 0.2) is 52.0 Å². The summed E-state index contributed by atoms with van der Waals surface area (Å²) in [4.78, 5) is -0.429. The van der Waals surface area contributed by atoms with Crippen LogP contribution in [0.5, 0.6) is 0 Å². The van der Waals surface area contributed by atoms with Crippen molar-refractivity contribution in [1.82, 2.24) is 0 Å². The first-order valence-electron chi connectivity index (χ1n) is 5.34. The lowest BCUT2D eigenvalue weighted by molar-refractivity contribution is -0.470. The van der Waals surface area contributed by atoms with Crippen molar-refractivity contribution in [3.05, 3.63) is 59.2 Å². The lowest BCUT2D eigenvalue weighted by atomic mass is 10.2. The molecule has 0 amide bonds. The highest BCUT2D eigenvalue weighted by Crippen LogP contribution is 2.14. The van der Waals surface area contributed by atoms with Crippen molar-refractivity contribution in [2.24, 2.45) is 0 Å². The monoisotopic (exact) mass is 281 g/mol. The number of hydroxylamine groups is 1. The van der Waals surface area contributed by atoms with E-state index in [1.807, 2.05) is 6.07 Å². The summed E-state index contributed by atoms with van der Waals surface area (Å²) >= 11 is 0. The number of furan rings is 1. The maximum Gasteiger partial charge on any atom is 0.298 e. The minimum absolute atomic E-state index is 0.0481. The summed E-state index contributed by atoms with van der Waals surface area (Å²) in [6.45, 7) is 0.0481. The van der Waals surface area contributed by atoms with Crippen LogP contribution in [-0.2, 0) is 16.7 Å². The summed E-state index contributed by atoms with van der Waals surface area (Å²) in [5, 5.41) is 11.7.